The van der Waals surface area contributed by atoms with Crippen LogP contribution in [-0.4, -0.2) is 89.6 Å². The minimum absolute atomic E-state index is 0.0823. The molecule has 2 heterocycles. The third-order valence-electron chi connectivity index (χ3n) is 7.63. The van der Waals surface area contributed by atoms with Gasteiger partial charge in [0, 0.05) is 44.1 Å². The SMILES string of the molecule is CC(C)COc1ccc(CC(=O)N(Cc2ccc(F)cc2)C2CCN(CCC3OCC(C)(C)CO3)CC2)cc1.O=C(O)C(=O)O. The maximum Gasteiger partial charge on any atom is 0.414 e. The molecule has 4 rings (SSSR count). The van der Waals surface area contributed by atoms with Crippen molar-refractivity contribution < 1.29 is 43.2 Å². The number of ether oxygens (including phenoxy) is 3. The number of hydrogen-bond donors (Lipinski definition) is 2. The Morgan fingerprint density at radius 2 is 1.51 bits per heavy atom. The number of amides is 1. The molecule has 0 spiro atoms. The number of aliphatic carboxylic acids is 2. The fraction of sp³-hybridized carbons (Fsp3) is 0.559. The monoisotopic (exact) mass is 630 g/mol. The number of carbonyl (C=O) groups excluding carboxylic acids is 1. The molecule has 2 aliphatic heterocycles. The molecular weight excluding hydrogens is 583 g/mol. The molecule has 2 aliphatic rings. The van der Waals surface area contributed by atoms with Gasteiger partial charge in [-0.3, -0.25) is 4.79 Å². The maximum atomic E-state index is 13.6. The zero-order valence-corrected chi connectivity index (χ0v) is 26.7. The van der Waals surface area contributed by atoms with E-state index in [1.165, 1.54) is 12.1 Å². The van der Waals surface area contributed by atoms with Crippen LogP contribution in [0.15, 0.2) is 48.5 Å². The van der Waals surface area contributed by atoms with Gasteiger partial charge in [0.25, 0.3) is 0 Å². The Labute approximate surface area is 265 Å². The molecule has 0 aliphatic carbocycles. The third-order valence-corrected chi connectivity index (χ3v) is 7.63. The molecule has 1 amide bonds. The molecule has 0 radical (unpaired) electrons. The summed E-state index contributed by atoms with van der Waals surface area (Å²) < 4.78 is 31.1. The number of hydrogen-bond acceptors (Lipinski definition) is 7. The highest BCUT2D eigenvalue weighted by Crippen LogP contribution is 2.26. The smallest absolute Gasteiger partial charge is 0.414 e. The zero-order valence-electron chi connectivity index (χ0n) is 26.7. The first kappa shape index (κ1) is 35.9. The highest BCUT2D eigenvalue weighted by atomic mass is 19.1. The molecule has 0 saturated carbocycles. The van der Waals surface area contributed by atoms with Crippen molar-refractivity contribution >= 4 is 17.8 Å². The Morgan fingerprint density at radius 3 is 2.04 bits per heavy atom. The first-order chi connectivity index (χ1) is 21.3. The second kappa shape index (κ2) is 17.2. The second-order valence-corrected chi connectivity index (χ2v) is 12.9. The average molecular weight is 631 g/mol. The number of likely N-dealkylation sites (tertiary alicyclic amines) is 1. The lowest BCUT2D eigenvalue weighted by Crippen LogP contribution is -2.48. The fourth-order valence-corrected chi connectivity index (χ4v) is 5.09. The van der Waals surface area contributed by atoms with E-state index in [9.17, 15) is 9.18 Å². The van der Waals surface area contributed by atoms with E-state index in [-0.39, 0.29) is 29.5 Å². The van der Waals surface area contributed by atoms with Crippen LogP contribution in [0.5, 0.6) is 5.75 Å². The number of carbonyl (C=O) groups is 3. The molecule has 2 aromatic carbocycles. The van der Waals surface area contributed by atoms with Gasteiger partial charge in [0.1, 0.15) is 11.6 Å². The summed E-state index contributed by atoms with van der Waals surface area (Å²) in [5, 5.41) is 14.8. The first-order valence-corrected chi connectivity index (χ1v) is 15.5. The molecule has 2 N–H and O–H groups in total. The molecular formula is C34H47FN2O8. The fourth-order valence-electron chi connectivity index (χ4n) is 5.09. The molecule has 0 unspecified atom stereocenters. The van der Waals surface area contributed by atoms with E-state index >= 15 is 0 Å². The number of piperidine rings is 1. The van der Waals surface area contributed by atoms with Gasteiger partial charge in [0.2, 0.25) is 5.91 Å². The largest absolute Gasteiger partial charge is 0.493 e. The van der Waals surface area contributed by atoms with E-state index in [4.69, 9.17) is 34.0 Å². The van der Waals surface area contributed by atoms with Crippen molar-refractivity contribution in [2.75, 3.05) is 39.5 Å². The van der Waals surface area contributed by atoms with Crippen molar-refractivity contribution in [1.29, 1.82) is 0 Å². The van der Waals surface area contributed by atoms with E-state index in [0.717, 1.165) is 69.0 Å². The number of carboxylic acid groups (broad SMARTS) is 2. The van der Waals surface area contributed by atoms with Crippen molar-refractivity contribution in [2.45, 2.75) is 72.3 Å². The van der Waals surface area contributed by atoms with Crippen LogP contribution in [0.25, 0.3) is 0 Å². The second-order valence-electron chi connectivity index (χ2n) is 12.9. The van der Waals surface area contributed by atoms with Gasteiger partial charge >= 0.3 is 11.9 Å². The summed E-state index contributed by atoms with van der Waals surface area (Å²) >= 11 is 0. The van der Waals surface area contributed by atoms with Crippen LogP contribution in [0.4, 0.5) is 4.39 Å². The molecule has 2 saturated heterocycles. The van der Waals surface area contributed by atoms with Crippen LogP contribution in [0.1, 0.15) is 58.1 Å². The minimum atomic E-state index is -1.82. The van der Waals surface area contributed by atoms with Crippen LogP contribution in [-0.2, 0) is 36.8 Å². The minimum Gasteiger partial charge on any atom is -0.493 e. The number of carboxylic acids is 2. The predicted molar refractivity (Wildman–Crippen MR) is 166 cm³/mol. The van der Waals surface area contributed by atoms with Crippen LogP contribution < -0.4 is 4.74 Å². The number of rotatable bonds is 11. The van der Waals surface area contributed by atoms with Crippen molar-refractivity contribution in [1.82, 2.24) is 9.80 Å². The van der Waals surface area contributed by atoms with Crippen LogP contribution in [0.2, 0.25) is 0 Å². The predicted octanol–water partition coefficient (Wildman–Crippen LogP) is 4.84. The molecule has 10 nitrogen and oxygen atoms in total. The van der Waals surface area contributed by atoms with Gasteiger partial charge in [-0.2, -0.15) is 0 Å². The molecule has 45 heavy (non-hydrogen) atoms. The Balaban J connectivity index is 0.000000838. The van der Waals surface area contributed by atoms with Crippen LogP contribution in [0.3, 0.4) is 0 Å². The van der Waals surface area contributed by atoms with Crippen molar-refractivity contribution in [3.8, 4) is 5.75 Å². The van der Waals surface area contributed by atoms with Crippen molar-refractivity contribution in [3.63, 3.8) is 0 Å². The lowest BCUT2D eigenvalue weighted by atomic mass is 9.95. The normalized spacial score (nSPS) is 17.3. The van der Waals surface area contributed by atoms with Gasteiger partial charge in [0.05, 0.1) is 26.2 Å². The molecule has 11 heteroatoms. The summed E-state index contributed by atoms with van der Waals surface area (Å²) in [6, 6.07) is 14.5. The van der Waals surface area contributed by atoms with Gasteiger partial charge in [0.15, 0.2) is 6.29 Å². The zero-order chi connectivity index (χ0) is 33.0. The lowest BCUT2D eigenvalue weighted by Gasteiger charge is -2.40. The Morgan fingerprint density at radius 1 is 0.956 bits per heavy atom. The molecule has 2 aromatic rings. The maximum absolute atomic E-state index is 13.6. The number of halogens is 1. The van der Waals surface area contributed by atoms with Gasteiger partial charge in [-0.15, -0.1) is 0 Å². The third kappa shape index (κ3) is 12.8. The Kier molecular flexibility index (Phi) is 13.8. The molecule has 0 aromatic heterocycles. The van der Waals surface area contributed by atoms with Crippen molar-refractivity contribution in [3.05, 3.63) is 65.5 Å². The van der Waals surface area contributed by atoms with Gasteiger partial charge in [-0.25, -0.2) is 14.0 Å². The first-order valence-electron chi connectivity index (χ1n) is 15.5. The van der Waals surface area contributed by atoms with Crippen LogP contribution >= 0.6 is 0 Å². The van der Waals surface area contributed by atoms with Gasteiger partial charge in [-0.1, -0.05) is 52.0 Å². The van der Waals surface area contributed by atoms with Crippen LogP contribution in [0, 0.1) is 17.2 Å². The van der Waals surface area contributed by atoms with E-state index in [1.54, 1.807) is 12.1 Å². The summed E-state index contributed by atoms with van der Waals surface area (Å²) in [5.74, 6) is -2.54. The molecule has 2 fully saturated rings. The van der Waals surface area contributed by atoms with E-state index in [2.05, 4.69) is 32.6 Å². The summed E-state index contributed by atoms with van der Waals surface area (Å²) in [4.78, 5) is 36.3. The highest BCUT2D eigenvalue weighted by molar-refractivity contribution is 6.27. The summed E-state index contributed by atoms with van der Waals surface area (Å²) in [7, 11) is 0. The van der Waals surface area contributed by atoms with Gasteiger partial charge in [-0.05, 0) is 54.2 Å². The Bertz CT molecular complexity index is 1210. The summed E-state index contributed by atoms with van der Waals surface area (Å²) in [6.07, 6.45) is 2.88. The highest BCUT2D eigenvalue weighted by Gasteiger charge is 2.31. The molecule has 0 bridgehead atoms. The Hall–Kier alpha value is -3.54. The topological polar surface area (TPSA) is 126 Å². The van der Waals surface area contributed by atoms with Gasteiger partial charge < -0.3 is 34.2 Å². The van der Waals surface area contributed by atoms with E-state index in [0.29, 0.717) is 25.5 Å². The summed E-state index contributed by atoms with van der Waals surface area (Å²) in [5.41, 5.74) is 1.99. The van der Waals surface area contributed by atoms with E-state index in [1.807, 2.05) is 29.2 Å². The molecule has 0 atom stereocenters. The van der Waals surface area contributed by atoms with Crippen molar-refractivity contribution in [2.24, 2.45) is 11.3 Å². The number of benzene rings is 2. The lowest BCUT2D eigenvalue weighted by molar-refractivity contribution is -0.224. The average Bonchev–Trinajstić information content (AvgIpc) is 3.00. The van der Waals surface area contributed by atoms with E-state index < -0.39 is 11.9 Å². The summed E-state index contributed by atoms with van der Waals surface area (Å²) in [6.45, 7) is 13.9. The molecule has 248 valence electrons. The quantitative estimate of drug-likeness (QED) is 0.336. The standard InChI is InChI=1S/C32H45FN2O4.C2H2O4/c1-24(2)21-37-29-11-7-25(8-12-29)19-30(36)35(20-26-5-9-27(33)10-6-26)28-13-16-34(17-14-28)18-15-31-38-22-32(3,4)23-39-31;3-1(4)2(5)6/h5-12,24,28,31H,13-23H2,1-4H3;(H,3,4)(H,5,6). The number of nitrogens with zero attached hydrogens (tertiary/aromatic N) is 2.